The summed E-state index contributed by atoms with van der Waals surface area (Å²) in [4.78, 5) is 67.2. The Labute approximate surface area is 284 Å². The van der Waals surface area contributed by atoms with Crippen LogP contribution in [0.1, 0.15) is 108 Å². The highest BCUT2D eigenvalue weighted by Gasteiger charge is 2.35. The molecule has 252 valence electrons. The average Bonchev–Trinajstić information content (AvgIpc) is 3.07. The molecule has 4 amide bonds. The summed E-state index contributed by atoms with van der Waals surface area (Å²) in [6.45, 7) is 8.90. The number of nitrogens with one attached hydrogen (secondary N) is 1. The van der Waals surface area contributed by atoms with Crippen molar-refractivity contribution in [3.05, 3.63) is 70.8 Å². The van der Waals surface area contributed by atoms with Crippen molar-refractivity contribution >= 4 is 72.5 Å². The maximum atomic E-state index is 13.8. The van der Waals surface area contributed by atoms with Crippen LogP contribution >= 0.6 is 0 Å². The van der Waals surface area contributed by atoms with Crippen LogP contribution in [0.25, 0.3) is 43.1 Å². The normalized spacial score (nSPS) is 14.8. The van der Waals surface area contributed by atoms with Crippen LogP contribution in [-0.4, -0.2) is 65.8 Å². The molecule has 49 heavy (non-hydrogen) atoms. The van der Waals surface area contributed by atoms with Gasteiger partial charge in [0, 0.05) is 59.2 Å². The molecule has 2 heterocycles. The first kappa shape index (κ1) is 32.8. The number of carbonyl (C=O) groups is 5. The van der Waals surface area contributed by atoms with E-state index in [1.54, 1.807) is 38.1 Å². The van der Waals surface area contributed by atoms with Gasteiger partial charge in [0.1, 0.15) is 5.60 Å². The van der Waals surface area contributed by atoms with Gasteiger partial charge in [-0.3, -0.25) is 34.2 Å². The molecule has 0 radical (unpaired) electrons. The number of ketones is 1. The summed E-state index contributed by atoms with van der Waals surface area (Å²) < 4.78 is 11.5. The van der Waals surface area contributed by atoms with Crippen LogP contribution in [-0.2, 0) is 14.3 Å². The van der Waals surface area contributed by atoms with Crippen LogP contribution in [0.4, 0.5) is 0 Å². The lowest BCUT2D eigenvalue weighted by Gasteiger charge is -2.29. The summed E-state index contributed by atoms with van der Waals surface area (Å²) in [6.07, 6.45) is 4.46. The number of rotatable bonds is 14. The first-order chi connectivity index (χ1) is 23.5. The number of unbranched alkanes of at least 4 members (excludes halogenated alkanes) is 3. The summed E-state index contributed by atoms with van der Waals surface area (Å²) in [5.41, 5.74) is 0.940. The Hall–Kier alpha value is -4.73. The summed E-state index contributed by atoms with van der Waals surface area (Å²) >= 11 is 0. The van der Waals surface area contributed by atoms with Gasteiger partial charge in [0.05, 0.1) is 6.10 Å². The van der Waals surface area contributed by atoms with E-state index in [0.29, 0.717) is 65.5 Å². The second-order valence-electron chi connectivity index (χ2n) is 13.9. The Balaban J connectivity index is 1.07. The summed E-state index contributed by atoms with van der Waals surface area (Å²) in [5, 5.41) is 8.74. The predicted octanol–water partition coefficient (Wildman–Crippen LogP) is 7.35. The van der Waals surface area contributed by atoms with Crippen molar-refractivity contribution in [2.24, 2.45) is 0 Å². The third-order valence-electron chi connectivity index (χ3n) is 9.98. The van der Waals surface area contributed by atoms with Gasteiger partial charge in [0.15, 0.2) is 5.78 Å². The Morgan fingerprint density at radius 3 is 1.67 bits per heavy atom. The molecular formula is C40H40N2O7. The minimum Gasteiger partial charge on any atom is -0.379 e. The number of benzene rings is 5. The lowest BCUT2D eigenvalue weighted by molar-refractivity contribution is -0.140. The lowest BCUT2D eigenvalue weighted by Crippen LogP contribution is -2.41. The molecule has 0 saturated carbocycles. The molecule has 5 aromatic carbocycles. The number of hydrogen-bond acceptors (Lipinski definition) is 7. The van der Waals surface area contributed by atoms with Gasteiger partial charge in [-0.25, -0.2) is 0 Å². The van der Waals surface area contributed by atoms with E-state index >= 15 is 0 Å². The molecule has 0 fully saturated rings. The van der Waals surface area contributed by atoms with Crippen LogP contribution in [0.3, 0.4) is 0 Å². The summed E-state index contributed by atoms with van der Waals surface area (Å²) in [5.74, 6) is -1.46. The van der Waals surface area contributed by atoms with Crippen molar-refractivity contribution in [1.29, 1.82) is 0 Å². The predicted molar refractivity (Wildman–Crippen MR) is 189 cm³/mol. The number of fused-ring (bicyclic) bond motifs is 2. The topological polar surface area (TPSA) is 119 Å². The minimum absolute atomic E-state index is 0.0669. The van der Waals surface area contributed by atoms with Gasteiger partial charge in [-0.05, 0) is 110 Å². The number of hydrogen-bond donors (Lipinski definition) is 1. The number of amides is 4. The van der Waals surface area contributed by atoms with Gasteiger partial charge >= 0.3 is 0 Å². The molecule has 0 spiro atoms. The highest BCUT2D eigenvalue weighted by atomic mass is 16.5. The highest BCUT2D eigenvalue weighted by molar-refractivity contribution is 6.41. The third kappa shape index (κ3) is 5.55. The molecule has 9 heteroatoms. The number of carbonyl (C=O) groups excluding carboxylic acids is 5. The zero-order valence-electron chi connectivity index (χ0n) is 28.4. The van der Waals surface area contributed by atoms with Gasteiger partial charge in [0.25, 0.3) is 23.6 Å². The van der Waals surface area contributed by atoms with Crippen molar-refractivity contribution in [2.75, 3.05) is 19.8 Å². The smallest absolute Gasteiger partial charge is 0.261 e. The molecule has 0 aliphatic carbocycles. The van der Waals surface area contributed by atoms with Gasteiger partial charge in [-0.15, -0.1) is 0 Å². The minimum atomic E-state index is -0.898. The first-order valence-electron chi connectivity index (χ1n) is 17.2. The van der Waals surface area contributed by atoms with Crippen molar-refractivity contribution in [2.45, 2.75) is 77.9 Å². The summed E-state index contributed by atoms with van der Waals surface area (Å²) in [7, 11) is 0. The molecular weight excluding hydrogens is 620 g/mol. The van der Waals surface area contributed by atoms with Crippen molar-refractivity contribution in [3.63, 3.8) is 0 Å². The largest absolute Gasteiger partial charge is 0.379 e. The Morgan fingerprint density at radius 2 is 1.14 bits per heavy atom. The molecule has 1 N–H and O–H groups in total. The molecule has 2 aliphatic heterocycles. The SMILES string of the molecule is CC(C)OCCCCCC(=O)C(C)(C)OCCCCN1C(=O)c2ccc3c4ccc5c6c(ccc(c7ccc(c2c37)C1=O)c64)C(=O)NC5=O. The van der Waals surface area contributed by atoms with Gasteiger partial charge in [0.2, 0.25) is 0 Å². The van der Waals surface area contributed by atoms with Crippen LogP contribution in [0.5, 0.6) is 0 Å². The highest BCUT2D eigenvalue weighted by Crippen LogP contribution is 2.45. The molecule has 7 rings (SSSR count). The third-order valence-corrected chi connectivity index (χ3v) is 9.98. The second kappa shape index (κ2) is 12.6. The molecule has 9 nitrogen and oxygen atoms in total. The van der Waals surface area contributed by atoms with E-state index in [2.05, 4.69) is 5.32 Å². The fourth-order valence-corrected chi connectivity index (χ4v) is 7.41. The summed E-state index contributed by atoms with van der Waals surface area (Å²) in [6, 6.07) is 14.6. The Kier molecular flexibility index (Phi) is 8.45. The maximum absolute atomic E-state index is 13.8. The van der Waals surface area contributed by atoms with Crippen molar-refractivity contribution in [1.82, 2.24) is 10.2 Å². The van der Waals surface area contributed by atoms with Crippen molar-refractivity contribution in [3.8, 4) is 0 Å². The van der Waals surface area contributed by atoms with Gasteiger partial charge in [-0.2, -0.15) is 0 Å². The standard InChI is InChI=1S/C40H40N2O7/c1-22(2)48-20-8-5-6-10-31(43)40(3,4)49-21-9-7-19-42-38(46)29-17-13-25-23-11-15-27-34-28(37(45)41-36(27)44)16-12-24(32(23)34)26-14-18-30(39(42)47)35(29)33(25)26/h11-18,22H,5-10,19-21H2,1-4H3,(H,41,44,45). The Morgan fingerprint density at radius 1 is 0.653 bits per heavy atom. The van der Waals surface area contributed by atoms with E-state index in [1.807, 2.05) is 38.1 Å². The number of imide groups is 2. The van der Waals surface area contributed by atoms with E-state index in [1.165, 1.54) is 4.90 Å². The molecule has 0 bridgehead atoms. The second-order valence-corrected chi connectivity index (χ2v) is 13.9. The molecule has 0 saturated heterocycles. The number of ether oxygens (including phenoxy) is 2. The van der Waals surface area contributed by atoms with E-state index in [0.717, 1.165) is 51.6 Å². The van der Waals surface area contributed by atoms with Crippen LogP contribution < -0.4 is 5.32 Å². The maximum Gasteiger partial charge on any atom is 0.261 e. The first-order valence-corrected chi connectivity index (χ1v) is 17.2. The van der Waals surface area contributed by atoms with Gasteiger partial charge in [-0.1, -0.05) is 30.7 Å². The van der Waals surface area contributed by atoms with Crippen molar-refractivity contribution < 1.29 is 33.4 Å². The molecule has 0 unspecified atom stereocenters. The van der Waals surface area contributed by atoms with Crippen LogP contribution in [0, 0.1) is 0 Å². The van der Waals surface area contributed by atoms with Crippen LogP contribution in [0.15, 0.2) is 48.5 Å². The molecule has 2 aliphatic rings. The van der Waals surface area contributed by atoms with Gasteiger partial charge < -0.3 is 9.47 Å². The Bertz CT molecular complexity index is 2080. The fraction of sp³-hybridized carbons (Fsp3) is 0.375. The molecule has 0 atom stereocenters. The number of nitrogens with zero attached hydrogens (tertiary/aromatic N) is 1. The molecule has 5 aromatic rings. The van der Waals surface area contributed by atoms with Crippen LogP contribution in [0.2, 0.25) is 0 Å². The van der Waals surface area contributed by atoms with E-state index in [9.17, 15) is 24.0 Å². The quantitative estimate of drug-likeness (QED) is 0.0573. The molecule has 0 aromatic heterocycles. The van der Waals surface area contributed by atoms with E-state index in [4.69, 9.17) is 9.47 Å². The fourth-order valence-electron chi connectivity index (χ4n) is 7.41. The average molecular weight is 661 g/mol. The monoisotopic (exact) mass is 660 g/mol. The lowest BCUT2D eigenvalue weighted by atomic mass is 9.82. The van der Waals surface area contributed by atoms with E-state index < -0.39 is 17.4 Å². The number of Topliss-reactive ketones (excluding diaryl/α,β-unsaturated/α-hetero) is 1. The zero-order chi connectivity index (χ0) is 34.6. The van der Waals surface area contributed by atoms with E-state index in [-0.39, 0.29) is 30.2 Å². The zero-order valence-corrected chi connectivity index (χ0v) is 28.4.